The molecule has 4 rings (SSSR count). The number of hydrogen-bond donors (Lipinski definition) is 2. The molecular formula is C25H26N6O4. The Morgan fingerprint density at radius 1 is 1.14 bits per heavy atom. The molecule has 0 saturated carbocycles. The summed E-state index contributed by atoms with van der Waals surface area (Å²) < 4.78 is 3.55. The predicted octanol–water partition coefficient (Wildman–Crippen LogP) is 2.08. The van der Waals surface area contributed by atoms with E-state index in [0.717, 1.165) is 10.2 Å². The lowest BCUT2D eigenvalue weighted by atomic mass is 10.1. The average molecular weight is 475 g/mol. The summed E-state index contributed by atoms with van der Waals surface area (Å²) in [6, 6.07) is 11.7. The zero-order valence-electron chi connectivity index (χ0n) is 19.7. The minimum atomic E-state index is -0.608. The lowest BCUT2D eigenvalue weighted by Crippen LogP contribution is -2.31. The molecule has 0 bridgehead atoms. The molecule has 0 aliphatic heterocycles. The SMILES string of the molecule is C=CCn1c(=O)c2ccc(C(=O)NC(C)C)cc2n2c(=O)n(CC(=O)Nc3cccc(C)c3)nc12. The van der Waals surface area contributed by atoms with Crippen molar-refractivity contribution in [1.82, 2.24) is 24.1 Å². The van der Waals surface area contributed by atoms with Crippen LogP contribution in [-0.2, 0) is 17.9 Å². The van der Waals surface area contributed by atoms with Gasteiger partial charge in [0.15, 0.2) is 0 Å². The summed E-state index contributed by atoms with van der Waals surface area (Å²) in [5, 5.41) is 10.1. The van der Waals surface area contributed by atoms with E-state index in [4.69, 9.17) is 0 Å². The monoisotopic (exact) mass is 474 g/mol. The van der Waals surface area contributed by atoms with Gasteiger partial charge >= 0.3 is 5.69 Å². The average Bonchev–Trinajstić information content (AvgIpc) is 3.11. The number of nitrogens with zero attached hydrogens (tertiary/aromatic N) is 4. The second kappa shape index (κ2) is 9.41. The van der Waals surface area contributed by atoms with Crippen molar-refractivity contribution in [3.8, 4) is 0 Å². The number of anilines is 1. The number of benzene rings is 2. The first-order valence-corrected chi connectivity index (χ1v) is 11.1. The highest BCUT2D eigenvalue weighted by Crippen LogP contribution is 2.15. The largest absolute Gasteiger partial charge is 0.352 e. The van der Waals surface area contributed by atoms with Crippen molar-refractivity contribution in [3.63, 3.8) is 0 Å². The first kappa shape index (κ1) is 23.7. The topological polar surface area (TPSA) is 120 Å². The number of allylic oxidation sites excluding steroid dienone is 1. The second-order valence-corrected chi connectivity index (χ2v) is 8.56. The Bertz CT molecular complexity index is 1590. The summed E-state index contributed by atoms with van der Waals surface area (Å²) in [7, 11) is 0. The van der Waals surface area contributed by atoms with Crippen molar-refractivity contribution in [1.29, 1.82) is 0 Å². The molecule has 4 aromatic rings. The Kier molecular flexibility index (Phi) is 6.37. The predicted molar refractivity (Wildman–Crippen MR) is 134 cm³/mol. The lowest BCUT2D eigenvalue weighted by molar-refractivity contribution is -0.117. The maximum Gasteiger partial charge on any atom is 0.352 e. The molecule has 0 radical (unpaired) electrons. The fourth-order valence-corrected chi connectivity index (χ4v) is 3.86. The van der Waals surface area contributed by atoms with Crippen LogP contribution in [-0.4, -0.2) is 36.6 Å². The zero-order valence-corrected chi connectivity index (χ0v) is 19.7. The van der Waals surface area contributed by atoms with Crippen molar-refractivity contribution in [3.05, 3.63) is 87.1 Å². The van der Waals surface area contributed by atoms with Crippen molar-refractivity contribution < 1.29 is 9.59 Å². The van der Waals surface area contributed by atoms with E-state index in [1.807, 2.05) is 39.0 Å². The molecule has 2 N–H and O–H groups in total. The van der Waals surface area contributed by atoms with E-state index >= 15 is 0 Å². The second-order valence-electron chi connectivity index (χ2n) is 8.56. The standard InChI is InChI=1S/C25H26N6O4/c1-5-11-29-23(34)19-10-9-17(22(33)26-15(2)3)13-20(19)31-24(29)28-30(25(31)35)14-21(32)27-18-8-6-7-16(4)12-18/h5-10,12-13,15H,1,11,14H2,2-4H3,(H,26,33)(H,27,32). The van der Waals surface area contributed by atoms with Crippen LogP contribution in [0.15, 0.2) is 64.7 Å². The van der Waals surface area contributed by atoms with Crippen LogP contribution in [0.2, 0.25) is 0 Å². The number of aromatic nitrogens is 4. The van der Waals surface area contributed by atoms with Gasteiger partial charge in [-0.05, 0) is 56.7 Å². The highest BCUT2D eigenvalue weighted by atomic mass is 16.2. The molecule has 10 nitrogen and oxygen atoms in total. The van der Waals surface area contributed by atoms with Gasteiger partial charge < -0.3 is 10.6 Å². The molecule has 2 heterocycles. The molecule has 2 aromatic heterocycles. The van der Waals surface area contributed by atoms with Crippen LogP contribution in [0.5, 0.6) is 0 Å². The molecule has 0 saturated heterocycles. The number of hydrogen-bond acceptors (Lipinski definition) is 5. The molecule has 0 atom stereocenters. The van der Waals surface area contributed by atoms with Gasteiger partial charge in [-0.1, -0.05) is 18.2 Å². The third kappa shape index (κ3) is 4.63. The van der Waals surface area contributed by atoms with Gasteiger partial charge in [-0.3, -0.25) is 19.0 Å². The molecule has 10 heteroatoms. The summed E-state index contributed by atoms with van der Waals surface area (Å²) in [6.07, 6.45) is 1.52. The van der Waals surface area contributed by atoms with Gasteiger partial charge in [0, 0.05) is 23.8 Å². The van der Waals surface area contributed by atoms with Crippen LogP contribution in [0.3, 0.4) is 0 Å². The van der Waals surface area contributed by atoms with E-state index in [9.17, 15) is 19.2 Å². The molecule has 2 aromatic carbocycles. The lowest BCUT2D eigenvalue weighted by Gasteiger charge is -2.11. The highest BCUT2D eigenvalue weighted by molar-refractivity contribution is 5.98. The van der Waals surface area contributed by atoms with Crippen molar-refractivity contribution in [2.75, 3.05) is 5.32 Å². The van der Waals surface area contributed by atoms with Gasteiger partial charge in [0.05, 0.1) is 10.9 Å². The molecule has 180 valence electrons. The van der Waals surface area contributed by atoms with Crippen LogP contribution in [0.1, 0.15) is 29.8 Å². The third-order valence-electron chi connectivity index (χ3n) is 5.37. The van der Waals surface area contributed by atoms with Crippen LogP contribution >= 0.6 is 0 Å². The maximum absolute atomic E-state index is 13.4. The number of carbonyl (C=O) groups is 2. The van der Waals surface area contributed by atoms with E-state index in [1.165, 1.54) is 33.2 Å². The molecule has 0 spiro atoms. The van der Waals surface area contributed by atoms with E-state index in [1.54, 1.807) is 6.07 Å². The van der Waals surface area contributed by atoms with Gasteiger partial charge in [0.1, 0.15) is 6.54 Å². The quantitative estimate of drug-likeness (QED) is 0.398. The summed E-state index contributed by atoms with van der Waals surface area (Å²) in [4.78, 5) is 51.7. The van der Waals surface area contributed by atoms with Crippen LogP contribution in [0.25, 0.3) is 16.7 Å². The van der Waals surface area contributed by atoms with Gasteiger partial charge in [0.25, 0.3) is 11.5 Å². The zero-order chi connectivity index (χ0) is 25.3. The summed E-state index contributed by atoms with van der Waals surface area (Å²) in [5.41, 5.74) is 1.11. The van der Waals surface area contributed by atoms with Crippen LogP contribution in [0, 0.1) is 6.92 Å². The Morgan fingerprint density at radius 3 is 2.60 bits per heavy atom. The first-order chi connectivity index (χ1) is 16.7. The molecule has 0 fully saturated rings. The Morgan fingerprint density at radius 2 is 1.91 bits per heavy atom. The number of aryl methyl sites for hydroxylation is 1. The number of nitrogens with one attached hydrogen (secondary N) is 2. The molecule has 2 amide bonds. The minimum absolute atomic E-state index is 0.0529. The molecule has 0 aliphatic rings. The minimum Gasteiger partial charge on any atom is -0.350 e. The smallest absolute Gasteiger partial charge is 0.350 e. The summed E-state index contributed by atoms with van der Waals surface area (Å²) in [5.74, 6) is -0.722. The first-order valence-electron chi connectivity index (χ1n) is 11.1. The van der Waals surface area contributed by atoms with E-state index in [-0.39, 0.29) is 47.3 Å². The van der Waals surface area contributed by atoms with Gasteiger partial charge in [-0.15, -0.1) is 11.7 Å². The maximum atomic E-state index is 13.4. The van der Waals surface area contributed by atoms with E-state index < -0.39 is 11.6 Å². The van der Waals surface area contributed by atoms with Crippen molar-refractivity contribution in [2.45, 2.75) is 39.9 Å². The highest BCUT2D eigenvalue weighted by Gasteiger charge is 2.20. The number of rotatable bonds is 7. The molecular weight excluding hydrogens is 448 g/mol. The Hall–Kier alpha value is -4.47. The van der Waals surface area contributed by atoms with Gasteiger partial charge in [-0.2, -0.15) is 0 Å². The van der Waals surface area contributed by atoms with Crippen LogP contribution in [0.4, 0.5) is 5.69 Å². The Balaban J connectivity index is 1.84. The van der Waals surface area contributed by atoms with Crippen molar-refractivity contribution >= 4 is 34.2 Å². The molecule has 0 unspecified atom stereocenters. The van der Waals surface area contributed by atoms with Crippen LogP contribution < -0.4 is 21.9 Å². The van der Waals surface area contributed by atoms with Crippen molar-refractivity contribution in [2.24, 2.45) is 0 Å². The third-order valence-corrected chi connectivity index (χ3v) is 5.37. The van der Waals surface area contributed by atoms with E-state index in [0.29, 0.717) is 11.3 Å². The number of carbonyl (C=O) groups excluding carboxylic acids is 2. The number of amides is 2. The fraction of sp³-hybridized carbons (Fsp3) is 0.240. The molecule has 0 aliphatic carbocycles. The molecule has 35 heavy (non-hydrogen) atoms. The number of fused-ring (bicyclic) bond motifs is 3. The normalized spacial score (nSPS) is 11.2. The summed E-state index contributed by atoms with van der Waals surface area (Å²) in [6.45, 7) is 9.01. The Labute approximate surface area is 200 Å². The van der Waals surface area contributed by atoms with Gasteiger partial charge in [-0.25, -0.2) is 13.9 Å². The van der Waals surface area contributed by atoms with E-state index in [2.05, 4.69) is 22.3 Å². The fourth-order valence-electron chi connectivity index (χ4n) is 3.86. The summed E-state index contributed by atoms with van der Waals surface area (Å²) >= 11 is 0. The van der Waals surface area contributed by atoms with Gasteiger partial charge in [0.2, 0.25) is 11.7 Å².